The number of hydrogen-bond donors (Lipinski definition) is 1. The Morgan fingerprint density at radius 1 is 1.43 bits per heavy atom. The van der Waals surface area contributed by atoms with Crippen LogP contribution in [0.3, 0.4) is 0 Å². The molecule has 0 fully saturated rings. The lowest BCUT2D eigenvalue weighted by molar-refractivity contribution is 0.281. The van der Waals surface area contributed by atoms with Gasteiger partial charge in [-0.2, -0.15) is 0 Å². The van der Waals surface area contributed by atoms with Gasteiger partial charge in [-0.05, 0) is 36.3 Å². The summed E-state index contributed by atoms with van der Waals surface area (Å²) < 4.78 is 0. The zero-order valence-electron chi connectivity index (χ0n) is 8.28. The van der Waals surface area contributed by atoms with Crippen molar-refractivity contribution in [3.63, 3.8) is 0 Å². The molecule has 0 aliphatic rings. The third-order valence-corrected chi connectivity index (χ3v) is 2.98. The zero-order chi connectivity index (χ0) is 10.2. The average Bonchev–Trinajstić information content (AvgIpc) is 2.25. The van der Waals surface area contributed by atoms with Gasteiger partial charge in [-0.1, -0.05) is 18.2 Å². The molecule has 76 valence electrons. The van der Waals surface area contributed by atoms with Gasteiger partial charge in [0.2, 0.25) is 0 Å². The summed E-state index contributed by atoms with van der Waals surface area (Å²) >= 11 is 1.83. The van der Waals surface area contributed by atoms with Crippen molar-refractivity contribution in [2.24, 2.45) is 0 Å². The first-order chi connectivity index (χ1) is 6.86. The summed E-state index contributed by atoms with van der Waals surface area (Å²) in [5.74, 6) is 1.11. The Morgan fingerprint density at radius 2 is 2.29 bits per heavy atom. The molecule has 0 atom stereocenters. The van der Waals surface area contributed by atoms with Gasteiger partial charge in [0.1, 0.15) is 0 Å². The Bertz CT molecular complexity index is 283. The molecule has 0 unspecified atom stereocenters. The normalized spacial score (nSPS) is 10.1. The van der Waals surface area contributed by atoms with E-state index in [0.29, 0.717) is 0 Å². The van der Waals surface area contributed by atoms with E-state index in [4.69, 9.17) is 5.11 Å². The summed E-state index contributed by atoms with van der Waals surface area (Å²) in [7, 11) is 0. The predicted molar refractivity (Wildman–Crippen MR) is 62.5 cm³/mol. The van der Waals surface area contributed by atoms with Crippen molar-refractivity contribution in [1.82, 2.24) is 0 Å². The smallest absolute Gasteiger partial charge is 0.0682 e. The number of rotatable bonds is 6. The van der Waals surface area contributed by atoms with Gasteiger partial charge >= 0.3 is 0 Å². The van der Waals surface area contributed by atoms with Crippen LogP contribution in [0, 0.1) is 0 Å². The van der Waals surface area contributed by atoms with Gasteiger partial charge < -0.3 is 5.11 Å². The molecule has 2 heteroatoms. The van der Waals surface area contributed by atoms with Crippen molar-refractivity contribution in [1.29, 1.82) is 0 Å². The Morgan fingerprint density at radius 3 is 3.00 bits per heavy atom. The first-order valence-corrected chi connectivity index (χ1v) is 5.79. The molecular weight excluding hydrogens is 192 g/mol. The van der Waals surface area contributed by atoms with Crippen LogP contribution in [-0.2, 0) is 6.61 Å². The predicted octanol–water partition coefficient (Wildman–Crippen LogP) is 3.24. The maximum Gasteiger partial charge on any atom is 0.0682 e. The molecule has 1 rings (SSSR count). The molecule has 1 aromatic rings. The van der Waals surface area contributed by atoms with E-state index in [-0.39, 0.29) is 6.61 Å². The molecule has 14 heavy (non-hydrogen) atoms. The average molecular weight is 208 g/mol. The number of aliphatic hydroxyl groups is 1. The number of hydrogen-bond acceptors (Lipinski definition) is 2. The summed E-state index contributed by atoms with van der Waals surface area (Å²) in [6.07, 6.45) is 4.19. The number of allylic oxidation sites excluding steroid dienone is 1. The molecule has 0 aliphatic carbocycles. The molecule has 0 heterocycles. The molecular formula is C12H16OS. The van der Waals surface area contributed by atoms with Gasteiger partial charge in [-0.25, -0.2) is 0 Å². The van der Waals surface area contributed by atoms with Crippen molar-refractivity contribution >= 4 is 11.8 Å². The van der Waals surface area contributed by atoms with Gasteiger partial charge in [0, 0.05) is 4.90 Å². The molecule has 0 amide bonds. The van der Waals surface area contributed by atoms with Crippen LogP contribution in [0.1, 0.15) is 18.4 Å². The Hall–Kier alpha value is -0.730. The lowest BCUT2D eigenvalue weighted by atomic mass is 10.2. The van der Waals surface area contributed by atoms with Crippen LogP contribution >= 0.6 is 11.8 Å². The fourth-order valence-electron chi connectivity index (χ4n) is 1.15. The van der Waals surface area contributed by atoms with E-state index < -0.39 is 0 Å². The Kier molecular flexibility index (Phi) is 5.42. The minimum absolute atomic E-state index is 0.126. The first-order valence-electron chi connectivity index (χ1n) is 4.80. The highest BCUT2D eigenvalue weighted by Crippen LogP contribution is 2.20. The number of benzene rings is 1. The highest BCUT2D eigenvalue weighted by molar-refractivity contribution is 7.99. The van der Waals surface area contributed by atoms with Gasteiger partial charge in [0.05, 0.1) is 6.61 Å². The van der Waals surface area contributed by atoms with Crippen LogP contribution in [-0.4, -0.2) is 10.9 Å². The minimum Gasteiger partial charge on any atom is -0.392 e. The lowest BCUT2D eigenvalue weighted by Gasteiger charge is -2.02. The van der Waals surface area contributed by atoms with E-state index in [9.17, 15) is 0 Å². The molecule has 0 saturated carbocycles. The molecule has 0 aromatic heterocycles. The third-order valence-electron chi connectivity index (χ3n) is 1.90. The molecule has 0 spiro atoms. The summed E-state index contributed by atoms with van der Waals surface area (Å²) in [5.41, 5.74) is 0.985. The molecule has 1 N–H and O–H groups in total. The molecule has 0 bridgehead atoms. The van der Waals surface area contributed by atoms with Gasteiger partial charge in [-0.3, -0.25) is 0 Å². The van der Waals surface area contributed by atoms with Crippen LogP contribution in [0.25, 0.3) is 0 Å². The van der Waals surface area contributed by atoms with Crippen molar-refractivity contribution in [2.75, 3.05) is 5.75 Å². The second kappa shape index (κ2) is 6.68. The van der Waals surface area contributed by atoms with Crippen molar-refractivity contribution in [2.45, 2.75) is 24.3 Å². The van der Waals surface area contributed by atoms with E-state index in [2.05, 4.69) is 12.6 Å². The summed E-state index contributed by atoms with van der Waals surface area (Å²) in [6.45, 7) is 3.82. The second-order valence-corrected chi connectivity index (χ2v) is 4.25. The maximum absolute atomic E-state index is 8.95. The maximum atomic E-state index is 8.95. The van der Waals surface area contributed by atoms with Crippen LogP contribution in [0.15, 0.2) is 41.8 Å². The van der Waals surface area contributed by atoms with Crippen LogP contribution in [0.2, 0.25) is 0 Å². The van der Waals surface area contributed by atoms with Crippen LogP contribution in [0.4, 0.5) is 0 Å². The second-order valence-electron chi connectivity index (χ2n) is 3.08. The van der Waals surface area contributed by atoms with Gasteiger partial charge in [0.25, 0.3) is 0 Å². The zero-order valence-corrected chi connectivity index (χ0v) is 9.09. The largest absolute Gasteiger partial charge is 0.392 e. The van der Waals surface area contributed by atoms with E-state index in [1.54, 1.807) is 0 Å². The lowest BCUT2D eigenvalue weighted by Crippen LogP contribution is -1.84. The molecule has 1 aromatic carbocycles. The van der Waals surface area contributed by atoms with Crippen LogP contribution < -0.4 is 0 Å². The Balaban J connectivity index is 2.38. The number of aliphatic hydroxyl groups excluding tert-OH is 1. The number of unbranched alkanes of at least 4 members (excludes halogenated alkanes) is 1. The summed E-state index contributed by atoms with van der Waals surface area (Å²) in [5, 5.41) is 8.95. The van der Waals surface area contributed by atoms with E-state index in [1.807, 2.05) is 36.0 Å². The first kappa shape index (κ1) is 11.3. The molecule has 0 saturated heterocycles. The van der Waals surface area contributed by atoms with Gasteiger partial charge in [0.15, 0.2) is 0 Å². The van der Waals surface area contributed by atoms with Crippen molar-refractivity contribution in [3.05, 3.63) is 42.5 Å². The third kappa shape index (κ3) is 3.99. The summed E-state index contributed by atoms with van der Waals surface area (Å²) in [4.78, 5) is 1.24. The SMILES string of the molecule is C=CCCCSc1cccc(CO)c1. The quantitative estimate of drug-likeness (QED) is 0.440. The standard InChI is InChI=1S/C12H16OS/c1-2-3-4-8-14-12-7-5-6-11(9-12)10-13/h2,5-7,9,13H,1,3-4,8,10H2. The molecule has 0 aliphatic heterocycles. The van der Waals surface area contributed by atoms with Crippen molar-refractivity contribution in [3.8, 4) is 0 Å². The van der Waals surface area contributed by atoms with E-state index >= 15 is 0 Å². The van der Waals surface area contributed by atoms with Crippen LogP contribution in [0.5, 0.6) is 0 Å². The Labute approximate surface area is 89.8 Å². The van der Waals surface area contributed by atoms with E-state index in [1.165, 1.54) is 4.90 Å². The monoisotopic (exact) mass is 208 g/mol. The van der Waals surface area contributed by atoms with Crippen molar-refractivity contribution < 1.29 is 5.11 Å². The molecule has 1 nitrogen and oxygen atoms in total. The fraction of sp³-hybridized carbons (Fsp3) is 0.333. The highest BCUT2D eigenvalue weighted by atomic mass is 32.2. The number of thioether (sulfide) groups is 1. The van der Waals surface area contributed by atoms with Gasteiger partial charge in [-0.15, -0.1) is 18.3 Å². The summed E-state index contributed by atoms with van der Waals surface area (Å²) in [6, 6.07) is 8.05. The highest BCUT2D eigenvalue weighted by Gasteiger charge is 1.95. The topological polar surface area (TPSA) is 20.2 Å². The molecule has 0 radical (unpaired) electrons. The van der Waals surface area contributed by atoms with E-state index in [0.717, 1.165) is 24.2 Å². The fourth-order valence-corrected chi connectivity index (χ4v) is 2.11. The minimum atomic E-state index is 0.126.